The van der Waals surface area contributed by atoms with Gasteiger partial charge in [-0.15, -0.1) is 0 Å². The molecule has 0 saturated carbocycles. The lowest BCUT2D eigenvalue weighted by atomic mass is 9.67. The van der Waals surface area contributed by atoms with Gasteiger partial charge in [0.05, 0.1) is 18.8 Å². The molecule has 6 aliphatic rings. The topological polar surface area (TPSA) is 104 Å². The zero-order valence-corrected chi connectivity index (χ0v) is 24.4. The van der Waals surface area contributed by atoms with E-state index in [2.05, 4.69) is 39.8 Å². The molecule has 40 heavy (non-hydrogen) atoms. The summed E-state index contributed by atoms with van der Waals surface area (Å²) in [6.45, 7) is 10.3. The molecular formula is C32H44O8. The van der Waals surface area contributed by atoms with Crippen molar-refractivity contribution in [1.82, 2.24) is 0 Å². The summed E-state index contributed by atoms with van der Waals surface area (Å²) in [5.41, 5.74) is -1.36. The summed E-state index contributed by atoms with van der Waals surface area (Å²) in [5.74, 6) is -2.09. The summed E-state index contributed by atoms with van der Waals surface area (Å²) in [4.78, 5) is 27.1. The quantitative estimate of drug-likeness (QED) is 0.289. The molecule has 0 aromatic heterocycles. The van der Waals surface area contributed by atoms with Crippen molar-refractivity contribution in [2.75, 3.05) is 6.61 Å². The maximum atomic E-state index is 14.0. The second-order valence-corrected chi connectivity index (χ2v) is 13.2. The summed E-state index contributed by atoms with van der Waals surface area (Å²) in [5, 5.41) is 12.2. The third kappa shape index (κ3) is 4.55. The van der Waals surface area contributed by atoms with E-state index in [9.17, 15) is 14.7 Å². The number of rotatable bonds is 1. The number of allylic oxidation sites excluding steroid dienone is 2. The van der Waals surface area contributed by atoms with Gasteiger partial charge in [-0.25, -0.2) is 0 Å². The molecule has 0 aromatic carbocycles. The Kier molecular flexibility index (Phi) is 7.18. The van der Waals surface area contributed by atoms with Gasteiger partial charge in [-0.05, 0) is 56.9 Å². The zero-order valence-electron chi connectivity index (χ0n) is 24.4. The van der Waals surface area contributed by atoms with Gasteiger partial charge in [0.1, 0.15) is 23.7 Å². The molecule has 5 heterocycles. The van der Waals surface area contributed by atoms with Crippen LogP contribution in [-0.4, -0.2) is 71.0 Å². The van der Waals surface area contributed by atoms with Crippen LogP contribution in [0.15, 0.2) is 35.5 Å². The molecule has 2 spiro atoms. The molecule has 1 aliphatic carbocycles. The van der Waals surface area contributed by atoms with Crippen molar-refractivity contribution in [1.29, 1.82) is 0 Å². The Labute approximate surface area is 237 Å². The van der Waals surface area contributed by atoms with Crippen molar-refractivity contribution in [2.24, 2.45) is 17.8 Å². The Morgan fingerprint density at radius 3 is 2.65 bits per heavy atom. The molecule has 8 heteroatoms. The number of carbonyl (C=O) groups excluding carboxylic acids is 2. The molecule has 6 rings (SSSR count). The second kappa shape index (κ2) is 10.2. The summed E-state index contributed by atoms with van der Waals surface area (Å²) in [6, 6.07) is 0. The van der Waals surface area contributed by atoms with Crippen LogP contribution >= 0.6 is 0 Å². The van der Waals surface area contributed by atoms with E-state index in [0.29, 0.717) is 30.8 Å². The van der Waals surface area contributed by atoms with Crippen LogP contribution in [0.1, 0.15) is 79.6 Å². The van der Waals surface area contributed by atoms with Crippen molar-refractivity contribution in [3.63, 3.8) is 0 Å². The monoisotopic (exact) mass is 556 g/mol. The normalized spacial score (nSPS) is 50.4. The highest BCUT2D eigenvalue weighted by Crippen LogP contribution is 2.58. The predicted molar refractivity (Wildman–Crippen MR) is 146 cm³/mol. The lowest BCUT2D eigenvalue weighted by Crippen LogP contribution is -2.62. The van der Waals surface area contributed by atoms with Crippen LogP contribution in [0.3, 0.4) is 0 Å². The van der Waals surface area contributed by atoms with Crippen molar-refractivity contribution >= 4 is 11.8 Å². The predicted octanol–water partition coefficient (Wildman–Crippen LogP) is 4.34. The Morgan fingerprint density at radius 1 is 1.07 bits per heavy atom. The van der Waals surface area contributed by atoms with E-state index >= 15 is 0 Å². The highest BCUT2D eigenvalue weighted by Gasteiger charge is 2.80. The van der Waals surface area contributed by atoms with Crippen LogP contribution in [0.25, 0.3) is 0 Å². The highest BCUT2D eigenvalue weighted by molar-refractivity contribution is 6.03. The Bertz CT molecular complexity index is 1140. The molecule has 4 saturated heterocycles. The number of ketones is 1. The third-order valence-corrected chi connectivity index (χ3v) is 10.2. The van der Waals surface area contributed by atoms with Gasteiger partial charge in [-0.2, -0.15) is 0 Å². The fraction of sp³-hybridized carbons (Fsp3) is 0.750. The fourth-order valence-corrected chi connectivity index (χ4v) is 7.80. The molecule has 8 nitrogen and oxygen atoms in total. The van der Waals surface area contributed by atoms with Gasteiger partial charge >= 0.3 is 5.97 Å². The van der Waals surface area contributed by atoms with E-state index in [4.69, 9.17) is 23.7 Å². The second-order valence-electron chi connectivity index (χ2n) is 13.2. The van der Waals surface area contributed by atoms with Crippen LogP contribution < -0.4 is 0 Å². The largest absolute Gasteiger partial charge is 0.462 e. The maximum Gasteiger partial charge on any atom is 0.316 e. The molecule has 0 amide bonds. The number of carbonyl (C=O) groups is 2. The summed E-state index contributed by atoms with van der Waals surface area (Å²) in [7, 11) is 0. The first kappa shape index (κ1) is 28.3. The molecule has 5 aliphatic heterocycles. The van der Waals surface area contributed by atoms with Gasteiger partial charge in [0.15, 0.2) is 23.3 Å². The van der Waals surface area contributed by atoms with Gasteiger partial charge in [-0.1, -0.05) is 50.6 Å². The molecule has 1 N–H and O–H groups in total. The van der Waals surface area contributed by atoms with E-state index in [1.165, 1.54) is 5.57 Å². The first-order valence-corrected chi connectivity index (χ1v) is 15.1. The number of epoxide rings is 1. The number of hydrogen-bond donors (Lipinski definition) is 1. The Hall–Kier alpha value is -1.84. The lowest BCUT2D eigenvalue weighted by Gasteiger charge is -2.49. The van der Waals surface area contributed by atoms with Crippen molar-refractivity contribution < 1.29 is 38.4 Å². The molecule has 220 valence electrons. The van der Waals surface area contributed by atoms with E-state index in [0.717, 1.165) is 25.7 Å². The summed E-state index contributed by atoms with van der Waals surface area (Å²) < 4.78 is 31.5. The van der Waals surface area contributed by atoms with Gasteiger partial charge < -0.3 is 28.8 Å². The van der Waals surface area contributed by atoms with Gasteiger partial charge in [-0.3, -0.25) is 9.59 Å². The SMILES string of the molecule is CC[C@H]1O[C@]2(CC[C@@H]1C)C[C@@H]1C[C@@H](C/C=C(/C)C[C@@H](C)C=C[C@@H]3O[C@@]34CO[C@H]3C(=O)C(C)=C[C@@H](C(=O)O1)[C@@]34O)O2. The van der Waals surface area contributed by atoms with Crippen LogP contribution in [0.2, 0.25) is 0 Å². The van der Waals surface area contributed by atoms with Gasteiger partial charge in [0, 0.05) is 19.3 Å². The first-order valence-electron chi connectivity index (χ1n) is 15.1. The van der Waals surface area contributed by atoms with Gasteiger partial charge in [0.25, 0.3) is 0 Å². The van der Waals surface area contributed by atoms with Crippen LogP contribution in [-0.2, 0) is 33.3 Å². The van der Waals surface area contributed by atoms with E-state index in [1.54, 1.807) is 13.0 Å². The fourth-order valence-electron chi connectivity index (χ4n) is 7.80. The number of aliphatic hydroxyl groups is 1. The minimum Gasteiger partial charge on any atom is -0.462 e. The highest BCUT2D eigenvalue weighted by atomic mass is 16.7. The van der Waals surface area contributed by atoms with Crippen LogP contribution in [0, 0.1) is 17.8 Å². The molecule has 4 fully saturated rings. The summed E-state index contributed by atoms with van der Waals surface area (Å²) in [6.07, 6.45) is 10.9. The van der Waals surface area contributed by atoms with E-state index in [1.807, 2.05) is 6.08 Å². The number of hydrogen-bond acceptors (Lipinski definition) is 8. The zero-order chi connectivity index (χ0) is 28.4. The Morgan fingerprint density at radius 2 is 1.88 bits per heavy atom. The van der Waals surface area contributed by atoms with Crippen molar-refractivity contribution in [3.05, 3.63) is 35.5 Å². The van der Waals surface area contributed by atoms with Crippen molar-refractivity contribution in [3.8, 4) is 0 Å². The average molecular weight is 557 g/mol. The van der Waals surface area contributed by atoms with Crippen LogP contribution in [0.5, 0.6) is 0 Å². The number of esters is 1. The maximum absolute atomic E-state index is 14.0. The first-order chi connectivity index (χ1) is 19.0. The van der Waals surface area contributed by atoms with Crippen molar-refractivity contribution in [2.45, 2.75) is 127 Å². The molecule has 0 unspecified atom stereocenters. The Balaban J connectivity index is 1.36. The average Bonchev–Trinajstić information content (AvgIpc) is 3.55. The third-order valence-electron chi connectivity index (χ3n) is 10.2. The number of Topliss-reactive ketones (excluding diaryl/α,β-unsaturated/α-hetero) is 1. The van der Waals surface area contributed by atoms with Gasteiger partial charge in [0.2, 0.25) is 0 Å². The standard InChI is InChI=1S/C32H44O8/c1-6-25-20(4)11-12-30(39-25)16-23-15-22(38-30)9-7-18(2)13-19(3)8-10-26-31(40-26)17-36-28-27(33)21(5)14-24(29(34)37-23)32(28,31)35/h7-8,10,14,19-20,22-26,28,35H,6,9,11-13,15-17H2,1-5H3/b10-8?,18-7-/t19-,20-,22+,23-,24-,25+,26-,28-,30+,31-,32+/m0/s1. The number of ether oxygens (including phenoxy) is 5. The summed E-state index contributed by atoms with van der Waals surface area (Å²) >= 11 is 0. The molecule has 0 radical (unpaired) electrons. The molecule has 0 aromatic rings. The number of fused-ring (bicyclic) bond motifs is 2. The molecule has 2 bridgehead atoms. The molecule has 11 atom stereocenters. The van der Waals surface area contributed by atoms with E-state index < -0.39 is 47.2 Å². The molecular weight excluding hydrogens is 512 g/mol. The van der Waals surface area contributed by atoms with E-state index in [-0.39, 0.29) is 30.5 Å². The minimum absolute atomic E-state index is 0.0417. The minimum atomic E-state index is -1.85. The lowest BCUT2D eigenvalue weighted by molar-refractivity contribution is -0.335. The van der Waals surface area contributed by atoms with Crippen LogP contribution in [0.4, 0.5) is 0 Å². The smallest absolute Gasteiger partial charge is 0.316 e.